The molecule has 0 aliphatic heterocycles. The van der Waals surface area contributed by atoms with Crippen molar-refractivity contribution in [2.24, 2.45) is 17.8 Å². The zero-order chi connectivity index (χ0) is 27.1. The molecule has 0 aromatic carbocycles. The van der Waals surface area contributed by atoms with Crippen LogP contribution in [0.5, 0.6) is 0 Å². The van der Waals surface area contributed by atoms with Crippen LogP contribution in [-0.4, -0.2) is 23.0 Å². The highest BCUT2D eigenvalue weighted by Crippen LogP contribution is 2.36. The first-order valence-corrected chi connectivity index (χ1v) is 13.4. The van der Waals surface area contributed by atoms with Gasteiger partial charge in [-0.05, 0) is 68.2 Å². The van der Waals surface area contributed by atoms with Crippen molar-refractivity contribution in [1.29, 1.82) is 0 Å². The minimum absolute atomic E-state index is 0.0218. The van der Waals surface area contributed by atoms with Crippen molar-refractivity contribution in [2.75, 3.05) is 6.54 Å². The van der Waals surface area contributed by atoms with Crippen LogP contribution in [0.2, 0.25) is 0 Å². The van der Waals surface area contributed by atoms with Gasteiger partial charge in [0.05, 0.1) is 0 Å². The number of rotatable bonds is 11. The van der Waals surface area contributed by atoms with Crippen molar-refractivity contribution >= 4 is 17.5 Å². The van der Waals surface area contributed by atoms with Crippen LogP contribution < -0.4 is 10.6 Å². The van der Waals surface area contributed by atoms with E-state index in [0.29, 0.717) is 24.5 Å². The number of carbonyl (C=O) groups excluding carboxylic acids is 1. The fourth-order valence-electron chi connectivity index (χ4n) is 4.14. The van der Waals surface area contributed by atoms with Crippen LogP contribution in [0.1, 0.15) is 67.7 Å². The molecular weight excluding hydrogens is 471 g/mol. The third kappa shape index (κ3) is 9.61. The van der Waals surface area contributed by atoms with Crippen LogP contribution in [0.3, 0.4) is 0 Å². The molecular formula is C31H44ClFN2O. The molecule has 0 heterocycles. The second-order valence-electron chi connectivity index (χ2n) is 11.1. The van der Waals surface area contributed by atoms with E-state index in [-0.39, 0.29) is 24.3 Å². The zero-order valence-electron chi connectivity index (χ0n) is 23.1. The summed E-state index contributed by atoms with van der Waals surface area (Å²) >= 11 is 7.03. The molecule has 4 atom stereocenters. The van der Waals surface area contributed by atoms with Crippen LogP contribution >= 0.6 is 11.6 Å². The molecule has 2 aliphatic carbocycles. The van der Waals surface area contributed by atoms with Gasteiger partial charge in [0.2, 0.25) is 5.91 Å². The van der Waals surface area contributed by atoms with Gasteiger partial charge in [-0.3, -0.25) is 4.79 Å². The van der Waals surface area contributed by atoms with E-state index in [1.54, 1.807) is 0 Å². The number of alkyl halides is 2. The van der Waals surface area contributed by atoms with E-state index in [0.717, 1.165) is 17.7 Å². The lowest BCUT2D eigenvalue weighted by molar-refractivity contribution is -0.121. The number of amides is 1. The van der Waals surface area contributed by atoms with Crippen LogP contribution in [0.25, 0.3) is 0 Å². The topological polar surface area (TPSA) is 41.1 Å². The lowest BCUT2D eigenvalue weighted by Gasteiger charge is -2.30. The molecule has 2 aliphatic rings. The predicted molar refractivity (Wildman–Crippen MR) is 152 cm³/mol. The van der Waals surface area contributed by atoms with E-state index >= 15 is 0 Å². The number of hydrogen-bond donors (Lipinski definition) is 2. The molecule has 0 saturated heterocycles. The molecule has 0 radical (unpaired) electrons. The Labute approximate surface area is 223 Å². The summed E-state index contributed by atoms with van der Waals surface area (Å²) in [4.78, 5) is 12.5. The summed E-state index contributed by atoms with van der Waals surface area (Å²) < 4.78 is 13.9. The van der Waals surface area contributed by atoms with E-state index in [9.17, 15) is 9.18 Å². The summed E-state index contributed by atoms with van der Waals surface area (Å²) in [7, 11) is 0. The van der Waals surface area contributed by atoms with Gasteiger partial charge in [0.25, 0.3) is 0 Å². The van der Waals surface area contributed by atoms with E-state index < -0.39 is 10.5 Å². The van der Waals surface area contributed by atoms with Crippen LogP contribution in [0, 0.1) is 17.8 Å². The Bertz CT molecular complexity index is 1000. The second kappa shape index (κ2) is 12.8. The summed E-state index contributed by atoms with van der Waals surface area (Å²) in [5.41, 5.74) is 3.38. The Balaban J connectivity index is 2.06. The first-order chi connectivity index (χ1) is 16.7. The van der Waals surface area contributed by atoms with E-state index in [4.69, 9.17) is 11.6 Å². The largest absolute Gasteiger partial charge is 0.382 e. The minimum Gasteiger partial charge on any atom is -0.382 e. The number of nitrogens with one attached hydrogen (secondary N) is 2. The van der Waals surface area contributed by atoms with Crippen molar-refractivity contribution in [1.82, 2.24) is 10.6 Å². The molecule has 0 spiro atoms. The molecule has 0 bridgehead atoms. The number of allylic oxidation sites excluding steroid dienone is 10. The normalized spacial score (nSPS) is 22.7. The average molecular weight is 515 g/mol. The highest BCUT2D eigenvalue weighted by atomic mass is 35.5. The predicted octanol–water partition coefficient (Wildman–Crippen LogP) is 7.85. The Morgan fingerprint density at radius 2 is 1.89 bits per heavy atom. The number of hydrogen-bond acceptors (Lipinski definition) is 2. The van der Waals surface area contributed by atoms with Crippen molar-refractivity contribution in [2.45, 2.75) is 78.3 Å². The molecule has 198 valence electrons. The monoisotopic (exact) mass is 514 g/mol. The molecule has 5 heteroatoms. The number of carbonyl (C=O) groups is 1. The lowest BCUT2D eigenvalue weighted by atomic mass is 9.85. The second-order valence-corrected chi connectivity index (χ2v) is 12.0. The smallest absolute Gasteiger partial charge is 0.224 e. The summed E-state index contributed by atoms with van der Waals surface area (Å²) in [5, 5.41) is 6.15. The van der Waals surface area contributed by atoms with Gasteiger partial charge in [0, 0.05) is 35.2 Å². The van der Waals surface area contributed by atoms with Gasteiger partial charge >= 0.3 is 0 Å². The first-order valence-electron chi connectivity index (χ1n) is 13.0. The maximum Gasteiger partial charge on any atom is 0.224 e. The molecule has 1 amide bonds. The van der Waals surface area contributed by atoms with Crippen LogP contribution in [0.15, 0.2) is 83.3 Å². The third-order valence-corrected chi connectivity index (χ3v) is 7.28. The maximum atomic E-state index is 13.9. The third-order valence-electron chi connectivity index (χ3n) is 6.77. The molecule has 0 aromatic heterocycles. The highest BCUT2D eigenvalue weighted by Gasteiger charge is 2.31. The molecule has 3 nitrogen and oxygen atoms in total. The fourth-order valence-corrected chi connectivity index (χ4v) is 4.37. The Morgan fingerprint density at radius 1 is 1.19 bits per heavy atom. The summed E-state index contributed by atoms with van der Waals surface area (Å²) in [6.07, 6.45) is 18.7. The average Bonchev–Trinajstić information content (AvgIpc) is 3.06. The SMILES string of the molecule is C=C(NCC(C)(C)F)C1=CC=CC(C)C(NC(=O)CC(C)C(C)(Cl)CC2=CC(C)C=CC(CC)=C2)=C1. The molecule has 0 fully saturated rings. The molecule has 0 aromatic rings. The van der Waals surface area contributed by atoms with Crippen molar-refractivity contribution < 1.29 is 9.18 Å². The summed E-state index contributed by atoms with van der Waals surface area (Å²) in [5.74, 6) is 0.264. The van der Waals surface area contributed by atoms with Gasteiger partial charge in [0.15, 0.2) is 0 Å². The van der Waals surface area contributed by atoms with Gasteiger partial charge < -0.3 is 10.6 Å². The van der Waals surface area contributed by atoms with Gasteiger partial charge in [0.1, 0.15) is 5.67 Å². The van der Waals surface area contributed by atoms with Gasteiger partial charge in [-0.2, -0.15) is 0 Å². The molecule has 4 unspecified atom stereocenters. The zero-order valence-corrected chi connectivity index (χ0v) is 23.8. The van der Waals surface area contributed by atoms with Crippen LogP contribution in [-0.2, 0) is 4.79 Å². The summed E-state index contributed by atoms with van der Waals surface area (Å²) in [6.45, 7) is 17.7. The van der Waals surface area contributed by atoms with Crippen LogP contribution in [0.4, 0.5) is 4.39 Å². The summed E-state index contributed by atoms with van der Waals surface area (Å²) in [6, 6.07) is 0. The molecule has 0 saturated carbocycles. The van der Waals surface area contributed by atoms with Gasteiger partial charge in [-0.25, -0.2) is 4.39 Å². The molecule has 2 N–H and O–H groups in total. The fraction of sp³-hybridized carbons (Fsp3) is 0.516. The molecule has 36 heavy (non-hydrogen) atoms. The van der Waals surface area contributed by atoms with Crippen molar-refractivity contribution in [3.63, 3.8) is 0 Å². The van der Waals surface area contributed by atoms with Gasteiger partial charge in [-0.15, -0.1) is 11.6 Å². The van der Waals surface area contributed by atoms with Crippen molar-refractivity contribution in [3.05, 3.63) is 83.3 Å². The lowest BCUT2D eigenvalue weighted by Crippen LogP contribution is -2.34. The minimum atomic E-state index is -1.35. The van der Waals surface area contributed by atoms with E-state index in [2.05, 4.69) is 55.4 Å². The van der Waals surface area contributed by atoms with Crippen molar-refractivity contribution in [3.8, 4) is 0 Å². The molecule has 2 rings (SSSR count). The Kier molecular flexibility index (Phi) is 10.6. The van der Waals surface area contributed by atoms with E-state index in [1.807, 2.05) is 45.1 Å². The first kappa shape index (κ1) is 29.9. The van der Waals surface area contributed by atoms with Gasteiger partial charge in [-0.1, -0.05) is 76.8 Å². The number of halogens is 2. The van der Waals surface area contributed by atoms with E-state index in [1.165, 1.54) is 25.0 Å². The quantitative estimate of drug-likeness (QED) is 0.275. The Hall–Kier alpha value is -2.33. The standard InChI is InChI=1S/C31H44ClFN2O/c1-9-25-14-13-21(2)15-26(17-25)19-31(8,32)23(4)16-29(36)35-28-18-27(12-10-11-22(28)3)24(5)34-20-30(6,7)33/h10-15,17-18,21-23,34H,5,9,16,19-20H2,1-4,6-8H3,(H,35,36). The Morgan fingerprint density at radius 3 is 2.53 bits per heavy atom. The maximum absolute atomic E-state index is 13.9. The highest BCUT2D eigenvalue weighted by molar-refractivity contribution is 6.24.